The number of amides is 1. The Kier molecular flexibility index (Phi) is 53.2. The molecule has 17 unspecified atom stereocenters. The minimum atomic E-state index is -1.98. The van der Waals surface area contributed by atoms with Crippen LogP contribution in [-0.2, 0) is 33.2 Å². The summed E-state index contributed by atoms with van der Waals surface area (Å²) in [6.07, 6.45) is 49.5. The van der Waals surface area contributed by atoms with Crippen LogP contribution in [0.4, 0.5) is 0 Å². The Labute approximate surface area is 584 Å². The van der Waals surface area contributed by atoms with Gasteiger partial charge in [-0.2, -0.15) is 0 Å². The van der Waals surface area contributed by atoms with E-state index in [1.54, 1.807) is 0 Å². The topological polar surface area (TPSA) is 307 Å². The SMILES string of the molecule is CC/C=C\C/C=C\C/C=C\C/C=C\C/C=C\C/C=C\C/C=C\CCCCCCCCCCCCCCCC(=O)NC(COC1OC(CO)C(OC2OC(CO)C(OC3OC(CO)C(O)C(O)C3O)C(O)C2O)C(O)C1O)C(O)CCCCCCCCCCCCCCCCCCC. The van der Waals surface area contributed by atoms with Crippen molar-refractivity contribution in [2.45, 2.75) is 375 Å². The van der Waals surface area contributed by atoms with Crippen LogP contribution in [0.1, 0.15) is 271 Å². The second kappa shape index (κ2) is 58.5. The van der Waals surface area contributed by atoms with Crippen LogP contribution >= 0.6 is 0 Å². The summed E-state index contributed by atoms with van der Waals surface area (Å²) in [4.78, 5) is 13.5. The smallest absolute Gasteiger partial charge is 0.220 e. The Morgan fingerprint density at radius 3 is 1.11 bits per heavy atom. The van der Waals surface area contributed by atoms with E-state index in [1.807, 2.05) is 0 Å². The number of hydrogen-bond acceptors (Lipinski definition) is 18. The molecule has 3 saturated heterocycles. The number of unbranched alkanes of at least 4 members (excludes halogenated alkanes) is 29. The monoisotopic (exact) mass is 1380 g/mol. The Hall–Kier alpha value is -3.03. The van der Waals surface area contributed by atoms with Crippen molar-refractivity contribution >= 4 is 5.91 Å². The first-order valence-corrected chi connectivity index (χ1v) is 38.3. The lowest BCUT2D eigenvalue weighted by Gasteiger charge is -2.48. The number of allylic oxidation sites excluding steroid dienone is 14. The summed E-state index contributed by atoms with van der Waals surface area (Å²) >= 11 is 0. The molecule has 3 heterocycles. The third-order valence-electron chi connectivity index (χ3n) is 18.7. The van der Waals surface area contributed by atoms with Crippen molar-refractivity contribution < 1.29 is 89.4 Å². The van der Waals surface area contributed by atoms with E-state index in [0.717, 1.165) is 96.3 Å². The molecule has 0 aromatic heterocycles. The summed E-state index contributed by atoms with van der Waals surface area (Å²) < 4.78 is 34.5. The fourth-order valence-corrected chi connectivity index (χ4v) is 12.6. The molecule has 1 amide bonds. The zero-order chi connectivity index (χ0) is 70.4. The normalized spacial score (nSPS) is 27.4. The Bertz CT molecular complexity index is 2080. The molecule has 3 aliphatic rings. The fraction of sp³-hybridized carbons (Fsp3) is 0.808. The molecule has 19 nitrogen and oxygen atoms in total. The largest absolute Gasteiger partial charge is 0.394 e. The summed E-state index contributed by atoms with van der Waals surface area (Å²) in [6.45, 7) is 1.70. The molecule has 0 saturated carbocycles. The molecule has 3 rings (SSSR count). The van der Waals surface area contributed by atoms with Gasteiger partial charge in [0.15, 0.2) is 18.9 Å². The van der Waals surface area contributed by atoms with E-state index < -0.39 is 124 Å². The minimum absolute atomic E-state index is 0.245. The van der Waals surface area contributed by atoms with E-state index in [4.69, 9.17) is 28.4 Å². The lowest BCUT2D eigenvalue weighted by molar-refractivity contribution is -0.379. The van der Waals surface area contributed by atoms with E-state index in [1.165, 1.54) is 141 Å². The van der Waals surface area contributed by atoms with E-state index >= 15 is 0 Å². The highest BCUT2D eigenvalue weighted by Crippen LogP contribution is 2.33. The number of aliphatic hydroxyl groups is 11. The molecule has 0 bridgehead atoms. The maximum Gasteiger partial charge on any atom is 0.220 e. The number of rotatable bonds is 59. The first kappa shape index (κ1) is 88.2. The fourth-order valence-electron chi connectivity index (χ4n) is 12.6. The van der Waals surface area contributed by atoms with Gasteiger partial charge in [-0.15, -0.1) is 0 Å². The molecule has 12 N–H and O–H groups in total. The van der Waals surface area contributed by atoms with Gasteiger partial charge in [0.25, 0.3) is 0 Å². The van der Waals surface area contributed by atoms with Crippen LogP contribution in [0.5, 0.6) is 0 Å². The highest BCUT2D eigenvalue weighted by molar-refractivity contribution is 5.76. The number of carbonyl (C=O) groups excluding carboxylic acids is 1. The van der Waals surface area contributed by atoms with Crippen LogP contribution in [0, 0.1) is 0 Å². The maximum absolute atomic E-state index is 13.5. The first-order valence-electron chi connectivity index (χ1n) is 38.3. The van der Waals surface area contributed by atoms with Gasteiger partial charge < -0.3 is 89.9 Å². The molecule has 562 valence electrons. The third kappa shape index (κ3) is 39.3. The van der Waals surface area contributed by atoms with Crippen molar-refractivity contribution in [1.82, 2.24) is 5.32 Å². The highest BCUT2D eigenvalue weighted by atomic mass is 16.8. The quantitative estimate of drug-likeness (QED) is 0.0199. The Morgan fingerprint density at radius 1 is 0.381 bits per heavy atom. The first-order chi connectivity index (χ1) is 47.3. The average Bonchev–Trinajstić information content (AvgIpc) is 0.792. The van der Waals surface area contributed by atoms with Gasteiger partial charge in [0.05, 0.1) is 38.6 Å². The number of carbonyl (C=O) groups is 1. The van der Waals surface area contributed by atoms with Gasteiger partial charge in [-0.05, 0) is 70.6 Å². The molecule has 97 heavy (non-hydrogen) atoms. The zero-order valence-corrected chi connectivity index (χ0v) is 59.8. The molecular formula is C78H137NO18. The molecule has 0 aromatic carbocycles. The predicted molar refractivity (Wildman–Crippen MR) is 383 cm³/mol. The second-order valence-electron chi connectivity index (χ2n) is 27.1. The maximum atomic E-state index is 13.5. The van der Waals surface area contributed by atoms with E-state index in [0.29, 0.717) is 12.8 Å². The van der Waals surface area contributed by atoms with Crippen LogP contribution < -0.4 is 5.32 Å². The number of aliphatic hydroxyl groups excluding tert-OH is 11. The summed E-state index contributed by atoms with van der Waals surface area (Å²) in [7, 11) is 0. The van der Waals surface area contributed by atoms with Gasteiger partial charge in [-0.25, -0.2) is 0 Å². The second-order valence-corrected chi connectivity index (χ2v) is 27.1. The third-order valence-corrected chi connectivity index (χ3v) is 18.7. The molecular weight excluding hydrogens is 1240 g/mol. The van der Waals surface area contributed by atoms with Crippen LogP contribution in [0.15, 0.2) is 85.1 Å². The van der Waals surface area contributed by atoms with Crippen LogP contribution in [0.2, 0.25) is 0 Å². The molecule has 0 aliphatic carbocycles. The van der Waals surface area contributed by atoms with Crippen LogP contribution in [0.25, 0.3) is 0 Å². The van der Waals surface area contributed by atoms with E-state index in [2.05, 4.69) is 104 Å². The number of nitrogens with one attached hydrogen (secondary N) is 1. The van der Waals surface area contributed by atoms with Crippen molar-refractivity contribution in [3.8, 4) is 0 Å². The molecule has 17 atom stereocenters. The van der Waals surface area contributed by atoms with E-state index in [-0.39, 0.29) is 18.9 Å². The van der Waals surface area contributed by atoms with Gasteiger partial charge in [-0.1, -0.05) is 279 Å². The highest BCUT2D eigenvalue weighted by Gasteiger charge is 2.53. The van der Waals surface area contributed by atoms with Gasteiger partial charge in [0.2, 0.25) is 5.91 Å². The minimum Gasteiger partial charge on any atom is -0.394 e. The Morgan fingerprint density at radius 2 is 0.711 bits per heavy atom. The van der Waals surface area contributed by atoms with Gasteiger partial charge in [0, 0.05) is 6.42 Å². The number of ether oxygens (including phenoxy) is 6. The molecule has 3 fully saturated rings. The summed E-state index contributed by atoms with van der Waals surface area (Å²) in [5.74, 6) is -0.245. The molecule has 0 radical (unpaired) electrons. The van der Waals surface area contributed by atoms with Gasteiger partial charge in [-0.3, -0.25) is 4.79 Å². The molecule has 19 heteroatoms. The van der Waals surface area contributed by atoms with Gasteiger partial charge >= 0.3 is 0 Å². The van der Waals surface area contributed by atoms with Crippen LogP contribution in [-0.4, -0.2) is 193 Å². The standard InChI is InChI=1S/C78H137NO18/c1-3-5-7-9-11-13-15-17-19-21-22-23-24-25-26-27-28-29-30-31-32-33-34-35-36-37-38-40-42-44-46-48-50-52-54-56-66(84)79-61(62(83)55-53-51-49-47-45-43-41-39-20-18-16-14-12-10-8-6-4-2)60-92-76-72(90)69(87)74(64(58-81)94-76)97-78-73(91)70(88)75(65(59-82)95-78)96-77-71(89)68(86)67(85)63(57-80)93-77/h5,7,11,13,17,19,22-23,25-26,28-29,31-32,61-65,67-78,80-83,85-91H,3-4,6,8-10,12,14-16,18,20-21,24,27,30,33-60H2,1-2H3,(H,79,84)/b7-5-,13-11-,19-17-,23-22-,26-25-,29-28-,32-31-. The van der Waals surface area contributed by atoms with E-state index in [9.17, 15) is 61.0 Å². The molecule has 3 aliphatic heterocycles. The van der Waals surface area contributed by atoms with Crippen molar-refractivity contribution in [2.24, 2.45) is 0 Å². The summed E-state index contributed by atoms with van der Waals surface area (Å²) in [5, 5.41) is 121. The number of hydrogen-bond donors (Lipinski definition) is 12. The lowest BCUT2D eigenvalue weighted by atomic mass is 9.96. The van der Waals surface area contributed by atoms with Crippen molar-refractivity contribution in [2.75, 3.05) is 26.4 Å². The van der Waals surface area contributed by atoms with Gasteiger partial charge in [0.1, 0.15) is 73.2 Å². The summed E-state index contributed by atoms with van der Waals surface area (Å²) in [6, 6.07) is -0.892. The predicted octanol–water partition coefficient (Wildman–Crippen LogP) is 11.8. The molecule has 0 aromatic rings. The summed E-state index contributed by atoms with van der Waals surface area (Å²) in [5.41, 5.74) is 0. The van der Waals surface area contributed by atoms with Crippen molar-refractivity contribution in [1.29, 1.82) is 0 Å². The average molecular weight is 1380 g/mol. The zero-order valence-electron chi connectivity index (χ0n) is 59.8. The van der Waals surface area contributed by atoms with Crippen LogP contribution in [0.3, 0.4) is 0 Å². The van der Waals surface area contributed by atoms with Crippen molar-refractivity contribution in [3.63, 3.8) is 0 Å². The lowest BCUT2D eigenvalue weighted by Crippen LogP contribution is -2.66. The Balaban J connectivity index is 1.35. The van der Waals surface area contributed by atoms with Crippen molar-refractivity contribution in [3.05, 3.63) is 85.1 Å². The molecule has 0 spiro atoms.